The van der Waals surface area contributed by atoms with Gasteiger partial charge in [-0.25, -0.2) is 4.79 Å². The summed E-state index contributed by atoms with van der Waals surface area (Å²) in [4.78, 5) is 25.6. The van der Waals surface area contributed by atoms with Gasteiger partial charge in [0.15, 0.2) is 18.1 Å². The summed E-state index contributed by atoms with van der Waals surface area (Å²) < 4.78 is 16.1. The predicted molar refractivity (Wildman–Crippen MR) is 87.2 cm³/mol. The molecule has 24 heavy (non-hydrogen) atoms. The Balaban J connectivity index is 1.54. The van der Waals surface area contributed by atoms with Crippen LogP contribution in [0.3, 0.4) is 0 Å². The van der Waals surface area contributed by atoms with E-state index in [1.165, 1.54) is 4.90 Å². The molecule has 1 unspecified atom stereocenters. The smallest absolute Gasteiger partial charge is 0.351 e. The van der Waals surface area contributed by atoms with E-state index in [2.05, 4.69) is 0 Å². The van der Waals surface area contributed by atoms with Crippen LogP contribution in [0, 0.1) is 0 Å². The molecule has 1 atom stereocenters. The molecule has 6 heteroatoms. The Morgan fingerprint density at radius 3 is 2.50 bits per heavy atom. The highest BCUT2D eigenvalue weighted by Gasteiger charge is 2.29. The number of benzene rings is 2. The van der Waals surface area contributed by atoms with Crippen molar-refractivity contribution in [3.63, 3.8) is 0 Å². The molecule has 124 valence electrons. The van der Waals surface area contributed by atoms with Crippen molar-refractivity contribution < 1.29 is 23.8 Å². The van der Waals surface area contributed by atoms with Gasteiger partial charge in [-0.15, -0.1) is 0 Å². The summed E-state index contributed by atoms with van der Waals surface area (Å²) in [6.07, 6.45) is -0.880. The number of amides is 1. The zero-order valence-electron chi connectivity index (χ0n) is 13.2. The lowest BCUT2D eigenvalue weighted by molar-refractivity contribution is -0.157. The molecule has 2 aromatic rings. The maximum atomic E-state index is 12.1. The number of rotatable bonds is 4. The number of esters is 1. The zero-order chi connectivity index (χ0) is 16.9. The van der Waals surface area contributed by atoms with Gasteiger partial charge in [0.05, 0.1) is 0 Å². The van der Waals surface area contributed by atoms with E-state index in [0.717, 1.165) is 5.69 Å². The molecule has 0 aliphatic carbocycles. The summed E-state index contributed by atoms with van der Waals surface area (Å²) in [5.74, 6) is 0.117. The maximum absolute atomic E-state index is 12.1. The Morgan fingerprint density at radius 2 is 1.75 bits per heavy atom. The molecule has 0 aromatic heterocycles. The molecule has 1 aliphatic heterocycles. The standard InChI is InChI=1S/C18H17NO5/c1-19(13-7-3-2-4-8-13)17(20)12-23-18(21)16-11-22-14-9-5-6-10-15(14)24-16/h2-10,16H,11-12H2,1H3. The molecule has 1 amide bonds. The van der Waals surface area contributed by atoms with Gasteiger partial charge in [-0.05, 0) is 24.3 Å². The van der Waals surface area contributed by atoms with Crippen molar-refractivity contribution in [2.75, 3.05) is 25.2 Å². The second kappa shape index (κ2) is 7.04. The minimum absolute atomic E-state index is 0.0541. The van der Waals surface area contributed by atoms with Crippen molar-refractivity contribution >= 4 is 17.6 Å². The van der Waals surface area contributed by atoms with Gasteiger partial charge in [0.2, 0.25) is 6.10 Å². The second-order valence-corrected chi connectivity index (χ2v) is 5.26. The Morgan fingerprint density at radius 1 is 1.08 bits per heavy atom. The Kier molecular flexibility index (Phi) is 4.65. The molecule has 1 aliphatic rings. The molecule has 0 saturated carbocycles. The van der Waals surface area contributed by atoms with E-state index in [4.69, 9.17) is 14.2 Å². The van der Waals surface area contributed by atoms with Crippen LogP contribution in [0.5, 0.6) is 11.5 Å². The van der Waals surface area contributed by atoms with E-state index in [1.807, 2.05) is 24.3 Å². The van der Waals surface area contributed by atoms with Crippen LogP contribution in [-0.4, -0.2) is 38.2 Å². The van der Waals surface area contributed by atoms with Crippen molar-refractivity contribution in [2.45, 2.75) is 6.10 Å². The van der Waals surface area contributed by atoms with Gasteiger partial charge in [0.25, 0.3) is 5.91 Å². The normalized spacial score (nSPS) is 15.5. The first-order chi connectivity index (χ1) is 11.6. The van der Waals surface area contributed by atoms with Crippen molar-refractivity contribution in [2.24, 2.45) is 0 Å². The number of fused-ring (bicyclic) bond motifs is 1. The first kappa shape index (κ1) is 15.9. The summed E-state index contributed by atoms with van der Waals surface area (Å²) >= 11 is 0. The minimum atomic E-state index is -0.880. The topological polar surface area (TPSA) is 65.1 Å². The van der Waals surface area contributed by atoms with Crippen LogP contribution >= 0.6 is 0 Å². The molecule has 2 aromatic carbocycles. The van der Waals surface area contributed by atoms with Crippen LogP contribution in [0.1, 0.15) is 0 Å². The third-order valence-corrected chi connectivity index (χ3v) is 3.63. The van der Waals surface area contributed by atoms with Crippen molar-refractivity contribution in [3.05, 3.63) is 54.6 Å². The van der Waals surface area contributed by atoms with E-state index in [0.29, 0.717) is 11.5 Å². The molecule has 0 saturated heterocycles. The van der Waals surface area contributed by atoms with Gasteiger partial charge in [-0.1, -0.05) is 30.3 Å². The lowest BCUT2D eigenvalue weighted by Crippen LogP contribution is -2.40. The van der Waals surface area contributed by atoms with Crippen LogP contribution in [0.25, 0.3) is 0 Å². The lowest BCUT2D eigenvalue weighted by atomic mass is 10.2. The fourth-order valence-corrected chi connectivity index (χ4v) is 2.25. The number of nitrogens with zero attached hydrogens (tertiary/aromatic N) is 1. The third kappa shape index (κ3) is 3.48. The largest absolute Gasteiger partial charge is 0.485 e. The van der Waals surface area contributed by atoms with Crippen LogP contribution in [0.2, 0.25) is 0 Å². The maximum Gasteiger partial charge on any atom is 0.351 e. The highest BCUT2D eigenvalue weighted by atomic mass is 16.6. The molecule has 3 rings (SSSR count). The number of hydrogen-bond acceptors (Lipinski definition) is 5. The second-order valence-electron chi connectivity index (χ2n) is 5.26. The Labute approximate surface area is 139 Å². The fraction of sp³-hybridized carbons (Fsp3) is 0.222. The number of likely N-dealkylation sites (N-methyl/N-ethyl adjacent to an activating group) is 1. The van der Waals surface area contributed by atoms with Gasteiger partial charge in [0.1, 0.15) is 6.61 Å². The first-order valence-electron chi connectivity index (χ1n) is 7.52. The van der Waals surface area contributed by atoms with Crippen LogP contribution in [0.4, 0.5) is 5.69 Å². The molecule has 0 radical (unpaired) electrons. The summed E-state index contributed by atoms with van der Waals surface area (Å²) in [7, 11) is 1.63. The molecule has 0 N–H and O–H groups in total. The number of ether oxygens (including phenoxy) is 3. The predicted octanol–water partition coefficient (Wildman–Crippen LogP) is 2.03. The Bertz CT molecular complexity index is 731. The molecule has 1 heterocycles. The van der Waals surface area contributed by atoms with Crippen LogP contribution < -0.4 is 14.4 Å². The molecule has 0 bridgehead atoms. The SMILES string of the molecule is CN(C(=O)COC(=O)C1COc2ccccc2O1)c1ccccc1. The van der Waals surface area contributed by atoms with Crippen molar-refractivity contribution in [1.29, 1.82) is 0 Å². The number of carbonyl (C=O) groups is 2. The van der Waals surface area contributed by atoms with Crippen LogP contribution in [0.15, 0.2) is 54.6 Å². The Hall–Kier alpha value is -3.02. The highest BCUT2D eigenvalue weighted by Crippen LogP contribution is 2.31. The molecular weight excluding hydrogens is 310 g/mol. The molecular formula is C18H17NO5. The van der Waals surface area contributed by atoms with Crippen LogP contribution in [-0.2, 0) is 14.3 Å². The number of anilines is 1. The van der Waals surface area contributed by atoms with Gasteiger partial charge < -0.3 is 19.1 Å². The molecule has 0 spiro atoms. The summed E-state index contributed by atoms with van der Waals surface area (Å²) in [6, 6.07) is 16.2. The van der Waals surface area contributed by atoms with Crippen molar-refractivity contribution in [1.82, 2.24) is 0 Å². The summed E-state index contributed by atoms with van der Waals surface area (Å²) in [6.45, 7) is -0.301. The van der Waals surface area contributed by atoms with Gasteiger partial charge in [-0.2, -0.15) is 0 Å². The zero-order valence-corrected chi connectivity index (χ0v) is 13.2. The number of hydrogen-bond donors (Lipinski definition) is 0. The van der Waals surface area contributed by atoms with E-state index < -0.39 is 12.1 Å². The highest BCUT2D eigenvalue weighted by molar-refractivity contribution is 5.94. The fourth-order valence-electron chi connectivity index (χ4n) is 2.25. The molecule has 6 nitrogen and oxygen atoms in total. The van der Waals surface area contributed by atoms with Gasteiger partial charge in [0, 0.05) is 12.7 Å². The van der Waals surface area contributed by atoms with E-state index >= 15 is 0 Å². The minimum Gasteiger partial charge on any atom is -0.485 e. The van der Waals surface area contributed by atoms with Gasteiger partial charge in [-0.3, -0.25) is 4.79 Å². The summed E-state index contributed by atoms with van der Waals surface area (Å²) in [5.41, 5.74) is 0.727. The van der Waals surface area contributed by atoms with Crippen molar-refractivity contribution in [3.8, 4) is 11.5 Å². The quantitative estimate of drug-likeness (QED) is 0.804. The van der Waals surface area contributed by atoms with Gasteiger partial charge >= 0.3 is 5.97 Å². The summed E-state index contributed by atoms with van der Waals surface area (Å²) in [5, 5.41) is 0. The average molecular weight is 327 g/mol. The lowest BCUT2D eigenvalue weighted by Gasteiger charge is -2.25. The average Bonchev–Trinajstić information content (AvgIpc) is 2.65. The number of carbonyl (C=O) groups excluding carboxylic acids is 2. The first-order valence-corrected chi connectivity index (χ1v) is 7.52. The van der Waals surface area contributed by atoms with E-state index in [9.17, 15) is 9.59 Å². The monoisotopic (exact) mass is 327 g/mol. The molecule has 0 fully saturated rings. The number of para-hydroxylation sites is 3. The third-order valence-electron chi connectivity index (χ3n) is 3.63. The van der Waals surface area contributed by atoms with E-state index in [1.54, 1.807) is 37.4 Å². The van der Waals surface area contributed by atoms with E-state index in [-0.39, 0.29) is 19.1 Å².